The molecule has 0 bridgehead atoms. The normalized spacial score (nSPS) is 43.7. The van der Waals surface area contributed by atoms with Gasteiger partial charge >= 0.3 is 0 Å². The molecule has 1 aromatic carbocycles. The lowest BCUT2D eigenvalue weighted by Crippen LogP contribution is -2.67. The molecule has 5 heteroatoms. The van der Waals surface area contributed by atoms with Crippen LogP contribution in [0.3, 0.4) is 0 Å². The van der Waals surface area contributed by atoms with Gasteiger partial charge in [-0.2, -0.15) is 0 Å². The van der Waals surface area contributed by atoms with E-state index in [-0.39, 0.29) is 30.3 Å². The minimum Gasteiger partial charge on any atom is -0.390 e. The number of ether oxygens (including phenoxy) is 1. The van der Waals surface area contributed by atoms with Crippen LogP contribution in [0.5, 0.6) is 0 Å². The molecule has 4 N–H and O–H groups in total. The van der Waals surface area contributed by atoms with Crippen LogP contribution in [0.4, 0.5) is 0 Å². The minimum absolute atomic E-state index is 0. The molecule has 3 fully saturated rings. The van der Waals surface area contributed by atoms with Gasteiger partial charge in [0.05, 0.1) is 17.3 Å². The Kier molecular flexibility index (Phi) is 6.00. The molecule has 5 nitrogen and oxygen atoms in total. The first-order valence-electron chi connectivity index (χ1n) is 16.4. The van der Waals surface area contributed by atoms with Crippen molar-refractivity contribution in [1.82, 2.24) is 4.98 Å². The molecule has 0 spiro atoms. The number of hydrogen-bond donors (Lipinski definition) is 4. The Labute approximate surface area is 257 Å². The highest BCUT2D eigenvalue weighted by molar-refractivity contribution is 5.92. The number of benzene rings is 1. The van der Waals surface area contributed by atoms with Crippen LogP contribution in [0.1, 0.15) is 116 Å². The highest BCUT2D eigenvalue weighted by Gasteiger charge is 2.70. The number of fused-ring (bicyclic) bond motifs is 13. The van der Waals surface area contributed by atoms with Gasteiger partial charge in [-0.25, -0.2) is 0 Å². The summed E-state index contributed by atoms with van der Waals surface area (Å²) in [5, 5.41) is 36.4. The number of nitrogens with one attached hydrogen (secondary N) is 1. The molecule has 3 saturated carbocycles. The summed E-state index contributed by atoms with van der Waals surface area (Å²) in [6, 6.07) is 4.66. The van der Waals surface area contributed by atoms with Gasteiger partial charge in [-0.1, -0.05) is 47.8 Å². The lowest BCUT2D eigenvalue weighted by molar-refractivity contribution is -0.185. The van der Waals surface area contributed by atoms with Crippen molar-refractivity contribution in [1.29, 1.82) is 0 Å². The van der Waals surface area contributed by atoms with E-state index in [1.165, 1.54) is 33.3 Å². The van der Waals surface area contributed by atoms with Crippen LogP contribution < -0.4 is 0 Å². The van der Waals surface area contributed by atoms with Gasteiger partial charge in [-0.3, -0.25) is 0 Å². The Hall–Kier alpha value is -1.92. The second kappa shape index (κ2) is 8.66. The second-order valence-electron chi connectivity index (χ2n) is 16.7. The van der Waals surface area contributed by atoms with Crippen LogP contribution in [0.2, 0.25) is 0 Å². The third-order valence-corrected chi connectivity index (χ3v) is 14.2. The van der Waals surface area contributed by atoms with E-state index in [4.69, 9.17) is 4.74 Å². The molecule has 5 aliphatic carbocycles. The third kappa shape index (κ3) is 3.28. The zero-order valence-electron chi connectivity index (χ0n) is 26.5. The predicted octanol–water partition coefficient (Wildman–Crippen LogP) is 6.97. The van der Waals surface area contributed by atoms with E-state index in [2.05, 4.69) is 51.4 Å². The van der Waals surface area contributed by atoms with Gasteiger partial charge in [0.2, 0.25) is 0 Å². The number of hydrogen-bond acceptors (Lipinski definition) is 4. The highest BCUT2D eigenvalue weighted by Crippen LogP contribution is 2.71. The lowest BCUT2D eigenvalue weighted by atomic mass is 9.42. The standard InChI is InChI=1S/C37H49NO4.CH4/c1-18(2)31-26(39)17-22-27(42-31)12-13-35(7)36(8)19(11-14-37(22,35)41)15-20-28-25(38-32(20)36)10-9-21-30(28)29-23(33(21,3)4)16-24(29)34(5,6)40;/h9-10,17,19,23-24,26-27,29,31,38-41H,1,11-16H2,2-8H3;1H4/t19-,23?,24?,26?,27?,29?,31+,35+,36+,37+;/m0./s1. The molecule has 5 unspecified atom stereocenters. The van der Waals surface area contributed by atoms with E-state index in [0.29, 0.717) is 24.2 Å². The number of aromatic nitrogens is 1. The number of aliphatic hydroxyl groups is 3. The summed E-state index contributed by atoms with van der Waals surface area (Å²) >= 11 is 0. The van der Waals surface area contributed by atoms with E-state index in [1.807, 2.05) is 26.8 Å². The van der Waals surface area contributed by atoms with Crippen LogP contribution >= 0.6 is 0 Å². The van der Waals surface area contributed by atoms with Gasteiger partial charge in [-0.15, -0.1) is 0 Å². The molecule has 234 valence electrons. The Balaban J connectivity index is 0.00000300. The molecular weight excluding hydrogens is 534 g/mol. The van der Waals surface area contributed by atoms with E-state index >= 15 is 0 Å². The molecule has 6 aliphatic rings. The Morgan fingerprint density at radius 2 is 1.84 bits per heavy atom. The average molecular weight is 588 g/mol. The van der Waals surface area contributed by atoms with Crippen molar-refractivity contribution in [2.45, 2.75) is 141 Å². The smallest absolute Gasteiger partial charge is 0.108 e. The maximum absolute atomic E-state index is 12.8. The second-order valence-corrected chi connectivity index (χ2v) is 16.7. The van der Waals surface area contributed by atoms with Crippen molar-refractivity contribution in [3.63, 3.8) is 0 Å². The molecular formula is C38H53NO4. The lowest BCUT2D eigenvalue weighted by Gasteiger charge is -2.65. The van der Waals surface area contributed by atoms with E-state index < -0.39 is 28.8 Å². The molecule has 1 aliphatic heterocycles. The zero-order chi connectivity index (χ0) is 29.9. The van der Waals surface area contributed by atoms with Crippen LogP contribution in [0, 0.1) is 23.2 Å². The molecule has 8 rings (SSSR count). The fraction of sp³-hybridized carbons (Fsp3) is 0.684. The van der Waals surface area contributed by atoms with E-state index in [1.54, 1.807) is 0 Å². The maximum atomic E-state index is 12.8. The first kappa shape index (κ1) is 29.8. The van der Waals surface area contributed by atoms with Crippen molar-refractivity contribution in [3.8, 4) is 0 Å². The first-order chi connectivity index (χ1) is 19.6. The molecule has 10 atom stereocenters. The van der Waals surface area contributed by atoms with Crippen LogP contribution in [-0.4, -0.2) is 49.8 Å². The van der Waals surface area contributed by atoms with Gasteiger partial charge in [0.15, 0.2) is 0 Å². The van der Waals surface area contributed by atoms with Gasteiger partial charge in [0.25, 0.3) is 0 Å². The Bertz CT molecular complexity index is 1570. The van der Waals surface area contributed by atoms with Crippen LogP contribution in [0.15, 0.2) is 35.9 Å². The summed E-state index contributed by atoms with van der Waals surface area (Å²) in [6.07, 6.45) is 5.96. The Morgan fingerprint density at radius 3 is 2.51 bits per heavy atom. The number of H-pyrrole nitrogens is 1. The van der Waals surface area contributed by atoms with Crippen molar-refractivity contribution in [2.24, 2.45) is 23.2 Å². The van der Waals surface area contributed by atoms with Gasteiger partial charge in [-0.05, 0) is 128 Å². The molecule has 1 aromatic heterocycles. The largest absolute Gasteiger partial charge is 0.390 e. The van der Waals surface area contributed by atoms with Crippen molar-refractivity contribution in [3.05, 3.63) is 58.3 Å². The first-order valence-corrected chi connectivity index (χ1v) is 16.4. The molecule has 2 heterocycles. The molecule has 43 heavy (non-hydrogen) atoms. The molecule has 0 amide bonds. The molecule has 2 aromatic rings. The number of rotatable bonds is 2. The summed E-state index contributed by atoms with van der Waals surface area (Å²) < 4.78 is 6.41. The Morgan fingerprint density at radius 1 is 1.12 bits per heavy atom. The van der Waals surface area contributed by atoms with Gasteiger partial charge < -0.3 is 25.0 Å². The van der Waals surface area contributed by atoms with Gasteiger partial charge in [0, 0.05) is 27.4 Å². The number of aromatic amines is 1. The van der Waals surface area contributed by atoms with Crippen LogP contribution in [0.25, 0.3) is 10.9 Å². The van der Waals surface area contributed by atoms with E-state index in [9.17, 15) is 15.3 Å². The zero-order valence-corrected chi connectivity index (χ0v) is 26.5. The summed E-state index contributed by atoms with van der Waals surface area (Å²) in [5.41, 5.74) is 6.33. The average Bonchev–Trinajstić information content (AvgIpc) is 3.43. The maximum Gasteiger partial charge on any atom is 0.108 e. The monoisotopic (exact) mass is 587 g/mol. The topological polar surface area (TPSA) is 85.7 Å². The molecule has 0 saturated heterocycles. The quantitative estimate of drug-likeness (QED) is 0.286. The number of aliphatic hydroxyl groups excluding tert-OH is 1. The minimum atomic E-state index is -1.05. The molecule has 0 radical (unpaired) electrons. The third-order valence-electron chi connectivity index (χ3n) is 14.2. The highest BCUT2D eigenvalue weighted by atomic mass is 16.5. The van der Waals surface area contributed by atoms with Crippen LogP contribution in [-0.2, 0) is 22.0 Å². The van der Waals surface area contributed by atoms with E-state index in [0.717, 1.165) is 43.3 Å². The fourth-order valence-electron chi connectivity index (χ4n) is 11.6. The summed E-state index contributed by atoms with van der Waals surface area (Å²) in [5.74, 6) is 1.65. The fourth-order valence-corrected chi connectivity index (χ4v) is 11.6. The predicted molar refractivity (Wildman–Crippen MR) is 172 cm³/mol. The van der Waals surface area contributed by atoms with Gasteiger partial charge in [0.1, 0.15) is 12.2 Å². The van der Waals surface area contributed by atoms with Crippen molar-refractivity contribution >= 4 is 10.9 Å². The van der Waals surface area contributed by atoms with Crippen molar-refractivity contribution in [2.75, 3.05) is 0 Å². The summed E-state index contributed by atoms with van der Waals surface area (Å²) in [7, 11) is 0. The summed E-state index contributed by atoms with van der Waals surface area (Å²) in [6.45, 7) is 19.5. The summed E-state index contributed by atoms with van der Waals surface area (Å²) in [4.78, 5) is 3.98. The SMILES string of the molecule is C.C=C(C)[C@H]1OC2CC[C@@]3(C)[C@@](O)(CC[C@H]4Cc5c([nH]c6ccc7c(c56)C5C(C(C)(C)O)CC5C7(C)C)[C@@]43C)C2=CC1O. The van der Waals surface area contributed by atoms with Crippen molar-refractivity contribution < 1.29 is 20.1 Å².